The summed E-state index contributed by atoms with van der Waals surface area (Å²) in [5.41, 5.74) is 6.69. The maximum atomic E-state index is 6.39. The van der Waals surface area contributed by atoms with Crippen LogP contribution in [-0.2, 0) is 13.2 Å². The van der Waals surface area contributed by atoms with Crippen LogP contribution in [0.25, 0.3) is 10.1 Å². The highest BCUT2D eigenvalue weighted by molar-refractivity contribution is 7.19. The van der Waals surface area contributed by atoms with Crippen molar-refractivity contribution in [2.24, 2.45) is 5.73 Å². The van der Waals surface area contributed by atoms with E-state index in [-0.39, 0.29) is 0 Å². The van der Waals surface area contributed by atoms with Crippen molar-refractivity contribution in [2.75, 3.05) is 0 Å². The summed E-state index contributed by atoms with van der Waals surface area (Å²) in [5.74, 6) is 0.821. The van der Waals surface area contributed by atoms with Crippen LogP contribution in [0.5, 0.6) is 5.75 Å². The Kier molecular flexibility index (Phi) is 3.92. The lowest BCUT2D eigenvalue weighted by molar-refractivity contribution is 0.309. The van der Waals surface area contributed by atoms with Gasteiger partial charge in [0.15, 0.2) is 0 Å². The average molecular weight is 304 g/mol. The van der Waals surface area contributed by atoms with Gasteiger partial charge in [0.05, 0.1) is 9.90 Å². The van der Waals surface area contributed by atoms with Crippen LogP contribution in [0.4, 0.5) is 0 Å². The molecule has 0 saturated heterocycles. The SMILES string of the molecule is NCc1cccc(OCc2sc3ccccc3c2Cl)c1. The van der Waals surface area contributed by atoms with Crippen molar-refractivity contribution in [3.63, 3.8) is 0 Å². The molecule has 1 aromatic heterocycles. The van der Waals surface area contributed by atoms with Crippen LogP contribution in [-0.4, -0.2) is 0 Å². The summed E-state index contributed by atoms with van der Waals surface area (Å²) in [4.78, 5) is 1.05. The van der Waals surface area contributed by atoms with E-state index in [0.717, 1.165) is 26.6 Å². The summed E-state index contributed by atoms with van der Waals surface area (Å²) in [6.45, 7) is 0.993. The molecule has 0 aliphatic carbocycles. The normalized spacial score (nSPS) is 10.9. The molecule has 0 amide bonds. The number of benzene rings is 2. The van der Waals surface area contributed by atoms with E-state index in [9.17, 15) is 0 Å². The van der Waals surface area contributed by atoms with E-state index in [4.69, 9.17) is 22.1 Å². The van der Waals surface area contributed by atoms with E-state index in [0.29, 0.717) is 13.2 Å². The molecule has 3 aromatic rings. The number of thiophene rings is 1. The smallest absolute Gasteiger partial charge is 0.124 e. The predicted octanol–water partition coefficient (Wildman–Crippen LogP) is 4.59. The second-order valence-electron chi connectivity index (χ2n) is 4.48. The van der Waals surface area contributed by atoms with Gasteiger partial charge in [-0.25, -0.2) is 0 Å². The van der Waals surface area contributed by atoms with Crippen LogP contribution in [0.2, 0.25) is 5.02 Å². The minimum Gasteiger partial charge on any atom is -0.488 e. The fraction of sp³-hybridized carbons (Fsp3) is 0.125. The highest BCUT2D eigenvalue weighted by Gasteiger charge is 2.10. The molecule has 0 atom stereocenters. The Morgan fingerprint density at radius 2 is 1.95 bits per heavy atom. The molecule has 102 valence electrons. The second kappa shape index (κ2) is 5.83. The first kappa shape index (κ1) is 13.4. The van der Waals surface area contributed by atoms with Gasteiger partial charge >= 0.3 is 0 Å². The third-order valence-corrected chi connectivity index (χ3v) is 4.79. The molecule has 2 nitrogen and oxygen atoms in total. The summed E-state index contributed by atoms with van der Waals surface area (Å²) < 4.78 is 7.00. The minimum absolute atomic E-state index is 0.478. The number of halogens is 1. The van der Waals surface area contributed by atoms with Gasteiger partial charge in [-0.15, -0.1) is 11.3 Å². The predicted molar refractivity (Wildman–Crippen MR) is 85.5 cm³/mol. The zero-order chi connectivity index (χ0) is 13.9. The van der Waals surface area contributed by atoms with Gasteiger partial charge in [-0.05, 0) is 23.8 Å². The molecule has 2 aromatic carbocycles. The molecule has 20 heavy (non-hydrogen) atoms. The fourth-order valence-corrected chi connectivity index (χ4v) is 3.47. The molecule has 4 heteroatoms. The molecule has 2 N–H and O–H groups in total. The monoisotopic (exact) mass is 303 g/mol. The van der Waals surface area contributed by atoms with Gasteiger partial charge in [0.25, 0.3) is 0 Å². The van der Waals surface area contributed by atoms with E-state index < -0.39 is 0 Å². The van der Waals surface area contributed by atoms with E-state index in [1.54, 1.807) is 11.3 Å². The van der Waals surface area contributed by atoms with Crippen LogP contribution in [0, 0.1) is 0 Å². The maximum absolute atomic E-state index is 6.39. The summed E-state index contributed by atoms with van der Waals surface area (Å²) in [5, 5.41) is 1.88. The molecular weight excluding hydrogens is 290 g/mol. The van der Waals surface area contributed by atoms with Crippen LogP contribution in [0.3, 0.4) is 0 Å². The highest BCUT2D eigenvalue weighted by atomic mass is 35.5. The Morgan fingerprint density at radius 3 is 2.75 bits per heavy atom. The molecule has 0 aliphatic heterocycles. The second-order valence-corrected chi connectivity index (χ2v) is 5.99. The molecule has 0 unspecified atom stereocenters. The summed E-state index contributed by atoms with van der Waals surface area (Å²) >= 11 is 8.06. The Bertz CT molecular complexity index is 738. The van der Waals surface area contributed by atoms with Gasteiger partial charge < -0.3 is 10.5 Å². The third kappa shape index (κ3) is 2.66. The minimum atomic E-state index is 0.478. The highest BCUT2D eigenvalue weighted by Crippen LogP contribution is 2.35. The first-order chi connectivity index (χ1) is 9.78. The number of hydrogen-bond donors (Lipinski definition) is 1. The first-order valence-corrected chi connectivity index (χ1v) is 7.55. The molecular formula is C16H14ClNOS. The molecule has 0 spiro atoms. The standard InChI is InChI=1S/C16H14ClNOS/c17-16-13-6-1-2-7-14(13)20-15(16)10-19-12-5-3-4-11(8-12)9-18/h1-8H,9-10,18H2. The quantitative estimate of drug-likeness (QED) is 0.765. The van der Waals surface area contributed by atoms with Gasteiger partial charge in [0.2, 0.25) is 0 Å². The van der Waals surface area contributed by atoms with Crippen molar-refractivity contribution in [3.05, 3.63) is 64.0 Å². The first-order valence-electron chi connectivity index (χ1n) is 6.35. The van der Waals surface area contributed by atoms with E-state index >= 15 is 0 Å². The van der Waals surface area contributed by atoms with Gasteiger partial charge in [-0.1, -0.05) is 41.9 Å². The molecule has 0 aliphatic rings. The van der Waals surface area contributed by atoms with Crippen molar-refractivity contribution in [2.45, 2.75) is 13.2 Å². The zero-order valence-corrected chi connectivity index (χ0v) is 12.4. The van der Waals surface area contributed by atoms with Crippen LogP contribution in [0.1, 0.15) is 10.4 Å². The largest absolute Gasteiger partial charge is 0.488 e. The molecule has 3 rings (SSSR count). The fourth-order valence-electron chi connectivity index (χ4n) is 2.07. The van der Waals surface area contributed by atoms with Crippen LogP contribution < -0.4 is 10.5 Å². The Morgan fingerprint density at radius 1 is 1.10 bits per heavy atom. The lowest BCUT2D eigenvalue weighted by atomic mass is 10.2. The van der Waals surface area contributed by atoms with Crippen molar-refractivity contribution in [3.8, 4) is 5.75 Å². The Hall–Kier alpha value is -1.55. The third-order valence-electron chi connectivity index (χ3n) is 3.11. The van der Waals surface area contributed by atoms with Crippen molar-refractivity contribution < 1.29 is 4.74 Å². The molecule has 0 radical (unpaired) electrons. The Labute approximate surface area is 126 Å². The summed E-state index contributed by atoms with van der Waals surface area (Å²) in [7, 11) is 0. The van der Waals surface area contributed by atoms with E-state index in [2.05, 4.69) is 6.07 Å². The average Bonchev–Trinajstić information content (AvgIpc) is 2.82. The van der Waals surface area contributed by atoms with E-state index in [1.165, 1.54) is 4.70 Å². The number of rotatable bonds is 4. The van der Waals surface area contributed by atoms with Gasteiger partial charge in [-0.2, -0.15) is 0 Å². The number of fused-ring (bicyclic) bond motifs is 1. The molecule has 0 saturated carbocycles. The number of nitrogens with two attached hydrogens (primary N) is 1. The van der Waals surface area contributed by atoms with Crippen molar-refractivity contribution in [1.82, 2.24) is 0 Å². The molecule has 0 fully saturated rings. The van der Waals surface area contributed by atoms with Gasteiger partial charge in [-0.3, -0.25) is 0 Å². The van der Waals surface area contributed by atoms with Crippen LogP contribution >= 0.6 is 22.9 Å². The maximum Gasteiger partial charge on any atom is 0.124 e. The van der Waals surface area contributed by atoms with Crippen molar-refractivity contribution in [1.29, 1.82) is 0 Å². The topological polar surface area (TPSA) is 35.2 Å². The Balaban J connectivity index is 1.81. The molecule has 1 heterocycles. The van der Waals surface area contributed by atoms with Gasteiger partial charge in [0, 0.05) is 16.6 Å². The van der Waals surface area contributed by atoms with Gasteiger partial charge in [0.1, 0.15) is 12.4 Å². The number of hydrogen-bond acceptors (Lipinski definition) is 3. The number of ether oxygens (including phenoxy) is 1. The lowest BCUT2D eigenvalue weighted by Crippen LogP contribution is -1.98. The zero-order valence-electron chi connectivity index (χ0n) is 10.8. The van der Waals surface area contributed by atoms with Crippen molar-refractivity contribution >= 4 is 33.0 Å². The van der Waals surface area contributed by atoms with Crippen LogP contribution in [0.15, 0.2) is 48.5 Å². The molecule has 0 bridgehead atoms. The summed E-state index contributed by atoms with van der Waals surface area (Å²) in [6, 6.07) is 15.9. The lowest BCUT2D eigenvalue weighted by Gasteiger charge is -2.06. The van der Waals surface area contributed by atoms with E-state index in [1.807, 2.05) is 42.5 Å². The summed E-state index contributed by atoms with van der Waals surface area (Å²) in [6.07, 6.45) is 0.